The van der Waals surface area contributed by atoms with Gasteiger partial charge < -0.3 is 15.0 Å². The number of aryl methyl sites for hydroxylation is 1. The Morgan fingerprint density at radius 3 is 2.43 bits per heavy atom. The van der Waals surface area contributed by atoms with Gasteiger partial charge in [-0.3, -0.25) is 4.79 Å². The summed E-state index contributed by atoms with van der Waals surface area (Å²) >= 11 is 0. The number of ether oxygens (including phenoxy) is 1. The van der Waals surface area contributed by atoms with Crippen molar-refractivity contribution in [2.24, 2.45) is 0 Å². The maximum absolute atomic E-state index is 12.7. The zero-order valence-corrected chi connectivity index (χ0v) is 18.3. The summed E-state index contributed by atoms with van der Waals surface area (Å²) in [4.78, 5) is 14.4. The molecule has 162 valence electrons. The average molecular weight is 432 g/mol. The topological polar surface area (TPSA) is 79.0 Å². The lowest BCUT2D eigenvalue weighted by molar-refractivity contribution is -0.127. The van der Waals surface area contributed by atoms with Gasteiger partial charge in [0, 0.05) is 38.4 Å². The van der Waals surface area contributed by atoms with Crippen molar-refractivity contribution in [2.75, 3.05) is 43.4 Å². The number of carbonyl (C=O) groups excluding carboxylic acids is 1. The summed E-state index contributed by atoms with van der Waals surface area (Å²) in [5.41, 5.74) is 2.30. The van der Waals surface area contributed by atoms with Crippen molar-refractivity contribution in [3.8, 4) is 5.75 Å². The Morgan fingerprint density at radius 1 is 1.07 bits per heavy atom. The standard InChI is InChI=1S/C22H29N3O4S/c1-18-7-6-8-20(17-18)24-12-14-25(15-13-24)30(27,28)16-11-23-22(26)19(2)29-21-9-4-3-5-10-21/h3-10,17,19H,11-16H2,1-2H3,(H,23,26). The molecule has 1 atom stereocenters. The van der Waals surface area contributed by atoms with E-state index in [4.69, 9.17) is 4.74 Å². The van der Waals surface area contributed by atoms with Gasteiger partial charge in [0.2, 0.25) is 10.0 Å². The van der Waals surface area contributed by atoms with E-state index in [1.54, 1.807) is 19.1 Å². The van der Waals surface area contributed by atoms with E-state index in [1.807, 2.05) is 43.3 Å². The van der Waals surface area contributed by atoms with Crippen LogP contribution < -0.4 is 15.0 Å². The molecule has 2 aromatic carbocycles. The lowest BCUT2D eigenvalue weighted by Crippen LogP contribution is -2.50. The molecule has 1 saturated heterocycles. The van der Waals surface area contributed by atoms with Gasteiger partial charge >= 0.3 is 0 Å². The van der Waals surface area contributed by atoms with E-state index in [2.05, 4.69) is 16.3 Å². The first-order valence-electron chi connectivity index (χ1n) is 10.1. The maximum Gasteiger partial charge on any atom is 0.260 e. The summed E-state index contributed by atoms with van der Waals surface area (Å²) in [6.45, 7) is 5.93. The maximum atomic E-state index is 12.7. The summed E-state index contributed by atoms with van der Waals surface area (Å²) in [5, 5.41) is 2.66. The van der Waals surface area contributed by atoms with Gasteiger partial charge in [0.1, 0.15) is 5.75 Å². The number of rotatable bonds is 8. The third-order valence-corrected chi connectivity index (χ3v) is 6.96. The molecular formula is C22H29N3O4S. The molecule has 3 rings (SSSR count). The second-order valence-electron chi connectivity index (χ2n) is 7.41. The second kappa shape index (κ2) is 9.95. The molecule has 8 heteroatoms. The van der Waals surface area contributed by atoms with E-state index >= 15 is 0 Å². The van der Waals surface area contributed by atoms with Gasteiger partial charge in [-0.05, 0) is 43.7 Å². The highest BCUT2D eigenvalue weighted by atomic mass is 32.2. The van der Waals surface area contributed by atoms with Gasteiger partial charge in [0.05, 0.1) is 5.75 Å². The summed E-state index contributed by atoms with van der Waals surface area (Å²) in [5.74, 6) is 0.138. The van der Waals surface area contributed by atoms with E-state index in [0.717, 1.165) is 5.69 Å². The molecule has 1 aliphatic rings. The molecule has 1 amide bonds. The minimum atomic E-state index is -3.43. The Labute approximate surface area is 178 Å². The van der Waals surface area contributed by atoms with Crippen LogP contribution in [0.15, 0.2) is 54.6 Å². The number of benzene rings is 2. The van der Waals surface area contributed by atoms with Crippen LogP contribution in [0.4, 0.5) is 5.69 Å². The summed E-state index contributed by atoms with van der Waals surface area (Å²) in [6, 6.07) is 17.3. The van der Waals surface area contributed by atoms with Crippen LogP contribution in [0.25, 0.3) is 0 Å². The Hall–Kier alpha value is -2.58. The lowest BCUT2D eigenvalue weighted by atomic mass is 10.2. The van der Waals surface area contributed by atoms with Gasteiger partial charge in [0.15, 0.2) is 6.10 Å². The van der Waals surface area contributed by atoms with E-state index in [-0.39, 0.29) is 18.2 Å². The van der Waals surface area contributed by atoms with Crippen molar-refractivity contribution >= 4 is 21.6 Å². The Bertz CT molecular complexity index is 942. The van der Waals surface area contributed by atoms with Gasteiger partial charge in [-0.2, -0.15) is 4.31 Å². The number of amides is 1. The molecule has 7 nitrogen and oxygen atoms in total. The number of hydrogen-bond acceptors (Lipinski definition) is 5. The minimum absolute atomic E-state index is 0.0573. The van der Waals surface area contributed by atoms with Crippen LogP contribution >= 0.6 is 0 Å². The van der Waals surface area contributed by atoms with Crippen LogP contribution in [0, 0.1) is 6.92 Å². The number of piperazine rings is 1. The van der Waals surface area contributed by atoms with Crippen molar-refractivity contribution in [1.82, 2.24) is 9.62 Å². The first-order valence-corrected chi connectivity index (χ1v) is 11.7. The van der Waals surface area contributed by atoms with E-state index in [0.29, 0.717) is 31.9 Å². The highest BCUT2D eigenvalue weighted by Gasteiger charge is 2.27. The van der Waals surface area contributed by atoms with E-state index < -0.39 is 16.1 Å². The fraction of sp³-hybridized carbons (Fsp3) is 0.409. The predicted molar refractivity (Wildman–Crippen MR) is 118 cm³/mol. The van der Waals surface area contributed by atoms with Crippen LogP contribution in [-0.2, 0) is 14.8 Å². The predicted octanol–water partition coefficient (Wildman–Crippen LogP) is 2.03. The van der Waals surface area contributed by atoms with E-state index in [1.165, 1.54) is 9.87 Å². The van der Waals surface area contributed by atoms with Crippen LogP contribution in [-0.4, -0.2) is 63.2 Å². The molecule has 0 radical (unpaired) electrons. The van der Waals surface area contributed by atoms with Crippen LogP contribution in [0.3, 0.4) is 0 Å². The van der Waals surface area contributed by atoms with Gasteiger partial charge in [-0.25, -0.2) is 8.42 Å². The quantitative estimate of drug-likeness (QED) is 0.692. The fourth-order valence-electron chi connectivity index (χ4n) is 3.38. The van der Waals surface area contributed by atoms with Crippen LogP contribution in [0.5, 0.6) is 5.75 Å². The van der Waals surface area contributed by atoms with E-state index in [9.17, 15) is 13.2 Å². The first-order chi connectivity index (χ1) is 14.3. The van der Waals surface area contributed by atoms with Gasteiger partial charge in [-0.15, -0.1) is 0 Å². The van der Waals surface area contributed by atoms with Gasteiger partial charge in [0.25, 0.3) is 5.91 Å². The Balaban J connectivity index is 1.43. The smallest absolute Gasteiger partial charge is 0.260 e. The molecule has 0 aliphatic carbocycles. The molecule has 1 fully saturated rings. The molecule has 0 aromatic heterocycles. The zero-order chi connectivity index (χ0) is 21.6. The molecule has 1 aliphatic heterocycles. The highest BCUT2D eigenvalue weighted by Crippen LogP contribution is 2.19. The number of anilines is 1. The number of para-hydroxylation sites is 1. The van der Waals surface area contributed by atoms with Gasteiger partial charge in [-0.1, -0.05) is 30.3 Å². The highest BCUT2D eigenvalue weighted by molar-refractivity contribution is 7.89. The largest absolute Gasteiger partial charge is 0.481 e. The SMILES string of the molecule is Cc1cccc(N2CCN(S(=O)(=O)CCNC(=O)C(C)Oc3ccccc3)CC2)c1. The Kier molecular flexibility index (Phi) is 7.33. The molecule has 0 saturated carbocycles. The minimum Gasteiger partial charge on any atom is -0.481 e. The zero-order valence-electron chi connectivity index (χ0n) is 17.5. The molecule has 30 heavy (non-hydrogen) atoms. The molecule has 1 N–H and O–H groups in total. The summed E-state index contributed by atoms with van der Waals surface area (Å²) in [6.07, 6.45) is -0.701. The summed E-state index contributed by atoms with van der Waals surface area (Å²) in [7, 11) is -3.43. The molecule has 2 aromatic rings. The van der Waals surface area contributed by atoms with Crippen LogP contribution in [0.2, 0.25) is 0 Å². The van der Waals surface area contributed by atoms with Crippen LogP contribution in [0.1, 0.15) is 12.5 Å². The molecular weight excluding hydrogens is 402 g/mol. The van der Waals surface area contributed by atoms with Crippen molar-refractivity contribution in [1.29, 1.82) is 0 Å². The first kappa shape index (κ1) is 22.1. The number of nitrogens with zero attached hydrogens (tertiary/aromatic N) is 2. The number of hydrogen-bond donors (Lipinski definition) is 1. The monoisotopic (exact) mass is 431 g/mol. The lowest BCUT2D eigenvalue weighted by Gasteiger charge is -2.35. The van der Waals surface area contributed by atoms with Crippen molar-refractivity contribution in [3.05, 3.63) is 60.2 Å². The Morgan fingerprint density at radius 2 is 1.77 bits per heavy atom. The molecule has 1 heterocycles. The van der Waals surface area contributed by atoms with Crippen molar-refractivity contribution in [3.63, 3.8) is 0 Å². The normalized spacial score (nSPS) is 16.1. The summed E-state index contributed by atoms with van der Waals surface area (Å²) < 4.78 is 32.4. The fourth-order valence-corrected chi connectivity index (χ4v) is 4.72. The third kappa shape index (κ3) is 5.96. The molecule has 1 unspecified atom stereocenters. The third-order valence-electron chi connectivity index (χ3n) is 5.08. The van der Waals surface area contributed by atoms with Crippen molar-refractivity contribution < 1.29 is 17.9 Å². The number of carbonyl (C=O) groups is 1. The number of nitrogens with one attached hydrogen (secondary N) is 1. The average Bonchev–Trinajstić information content (AvgIpc) is 2.74. The molecule has 0 bridgehead atoms. The second-order valence-corrected chi connectivity index (χ2v) is 9.49. The van der Waals surface area contributed by atoms with Crippen molar-refractivity contribution in [2.45, 2.75) is 20.0 Å². The number of sulfonamides is 1. The molecule has 0 spiro atoms.